The lowest BCUT2D eigenvalue weighted by atomic mass is 9.99. The van der Waals surface area contributed by atoms with Crippen molar-refractivity contribution in [2.75, 3.05) is 18.4 Å². The zero-order valence-electron chi connectivity index (χ0n) is 16.4. The van der Waals surface area contributed by atoms with E-state index in [2.05, 4.69) is 10.3 Å². The van der Waals surface area contributed by atoms with E-state index in [1.54, 1.807) is 17.5 Å². The van der Waals surface area contributed by atoms with Gasteiger partial charge in [-0.2, -0.15) is 4.31 Å². The number of carbonyl (C=O) groups excluding carboxylic acids is 1. The van der Waals surface area contributed by atoms with Gasteiger partial charge in [-0.05, 0) is 36.4 Å². The second-order valence-electron chi connectivity index (χ2n) is 7.31. The number of nitrogens with zero attached hydrogens (tertiary/aromatic N) is 2. The zero-order chi connectivity index (χ0) is 21.4. The van der Waals surface area contributed by atoms with Crippen LogP contribution in [0.3, 0.4) is 0 Å². The molecule has 0 radical (unpaired) electrons. The van der Waals surface area contributed by atoms with Crippen LogP contribution in [0.5, 0.6) is 0 Å². The first kappa shape index (κ1) is 20.4. The Morgan fingerprint density at radius 2 is 2.06 bits per heavy atom. The molecule has 10 heteroatoms. The summed E-state index contributed by atoms with van der Waals surface area (Å²) in [6.07, 6.45) is 1.29. The topological polar surface area (TPSA) is 92.5 Å². The summed E-state index contributed by atoms with van der Waals surface area (Å²) in [7, 11) is -3.56. The molecule has 0 aliphatic carbocycles. The fourth-order valence-corrected chi connectivity index (χ4v) is 7.04. The zero-order valence-corrected chi connectivity index (χ0v) is 18.8. The van der Waals surface area contributed by atoms with Crippen molar-refractivity contribution in [2.24, 2.45) is 5.92 Å². The molecule has 1 aromatic carbocycles. The fourth-order valence-electron chi connectivity index (χ4n) is 3.67. The van der Waals surface area contributed by atoms with E-state index in [1.165, 1.54) is 27.0 Å². The van der Waals surface area contributed by atoms with Crippen LogP contribution in [0.1, 0.15) is 12.8 Å². The number of aromatic nitrogens is 1. The van der Waals surface area contributed by atoms with E-state index in [1.807, 2.05) is 35.7 Å². The predicted octanol–water partition coefficient (Wildman–Crippen LogP) is 4.66. The molecule has 1 saturated heterocycles. The Bertz CT molecular complexity index is 1290. The standard InChI is InChI=1S/C21H19N3O4S3/c25-20(15-6-3-9-24(12-15)31(26,27)19-8-4-10-29-19)23-21-22-16(13-30-21)18-11-14-5-1-2-7-17(14)28-18/h1-2,4-5,7-8,10-11,13,15H,3,6,9,12H2,(H,22,23,25). The Morgan fingerprint density at radius 3 is 2.87 bits per heavy atom. The summed E-state index contributed by atoms with van der Waals surface area (Å²) in [6, 6.07) is 13.0. The number of piperidine rings is 1. The first-order valence-electron chi connectivity index (χ1n) is 9.80. The van der Waals surface area contributed by atoms with E-state index in [0.29, 0.717) is 40.2 Å². The van der Waals surface area contributed by atoms with Gasteiger partial charge < -0.3 is 9.73 Å². The number of hydrogen-bond acceptors (Lipinski definition) is 7. The summed E-state index contributed by atoms with van der Waals surface area (Å²) < 4.78 is 33.1. The molecule has 3 aromatic heterocycles. The maximum atomic E-state index is 12.8. The highest BCUT2D eigenvalue weighted by molar-refractivity contribution is 7.91. The van der Waals surface area contributed by atoms with Crippen LogP contribution in [0.25, 0.3) is 22.4 Å². The van der Waals surface area contributed by atoms with Crippen molar-refractivity contribution in [2.45, 2.75) is 17.1 Å². The van der Waals surface area contributed by atoms with Gasteiger partial charge in [0, 0.05) is 23.9 Å². The highest BCUT2D eigenvalue weighted by atomic mass is 32.2. The van der Waals surface area contributed by atoms with Crippen molar-refractivity contribution in [3.05, 3.63) is 53.2 Å². The van der Waals surface area contributed by atoms with Crippen molar-refractivity contribution >= 4 is 54.7 Å². The average Bonchev–Trinajstić information content (AvgIpc) is 3.53. The number of sulfonamides is 1. The van der Waals surface area contributed by atoms with Gasteiger partial charge in [-0.1, -0.05) is 24.3 Å². The van der Waals surface area contributed by atoms with Crippen molar-refractivity contribution in [1.29, 1.82) is 0 Å². The first-order chi connectivity index (χ1) is 15.0. The number of carbonyl (C=O) groups is 1. The molecule has 4 aromatic rings. The van der Waals surface area contributed by atoms with Gasteiger partial charge in [0.15, 0.2) is 10.9 Å². The highest BCUT2D eigenvalue weighted by Gasteiger charge is 2.34. The number of hydrogen-bond donors (Lipinski definition) is 1. The molecule has 1 aliphatic heterocycles. The van der Waals surface area contributed by atoms with Gasteiger partial charge in [-0.15, -0.1) is 22.7 Å². The largest absolute Gasteiger partial charge is 0.454 e. The second kappa shape index (κ2) is 8.19. The molecule has 1 aliphatic rings. The number of amides is 1. The van der Waals surface area contributed by atoms with Crippen LogP contribution in [0.4, 0.5) is 5.13 Å². The summed E-state index contributed by atoms with van der Waals surface area (Å²) in [5.41, 5.74) is 1.44. The van der Waals surface area contributed by atoms with Gasteiger partial charge in [0.05, 0.1) is 5.92 Å². The van der Waals surface area contributed by atoms with Crippen LogP contribution < -0.4 is 5.32 Å². The molecule has 1 fully saturated rings. The molecule has 7 nitrogen and oxygen atoms in total. The molecule has 0 bridgehead atoms. The summed E-state index contributed by atoms with van der Waals surface area (Å²) in [5, 5.41) is 7.89. The van der Waals surface area contributed by atoms with Crippen LogP contribution in [0.15, 0.2) is 61.9 Å². The molecular weight excluding hydrogens is 454 g/mol. The Kier molecular flexibility index (Phi) is 5.39. The lowest BCUT2D eigenvalue weighted by Crippen LogP contribution is -2.43. The number of thiophene rings is 1. The average molecular weight is 474 g/mol. The fraction of sp³-hybridized carbons (Fsp3) is 0.238. The van der Waals surface area contributed by atoms with E-state index < -0.39 is 15.9 Å². The minimum Gasteiger partial charge on any atom is -0.454 e. The molecule has 4 heterocycles. The third-order valence-electron chi connectivity index (χ3n) is 5.26. The molecule has 1 unspecified atom stereocenters. The minimum absolute atomic E-state index is 0.174. The van der Waals surface area contributed by atoms with Crippen LogP contribution in [-0.2, 0) is 14.8 Å². The normalized spacial score (nSPS) is 17.7. The highest BCUT2D eigenvalue weighted by Crippen LogP contribution is 2.31. The Labute approximate surface area is 187 Å². The first-order valence-corrected chi connectivity index (χ1v) is 13.0. The number of thiazole rings is 1. The Hall–Kier alpha value is -2.53. The monoisotopic (exact) mass is 473 g/mol. The lowest BCUT2D eigenvalue weighted by Gasteiger charge is -2.30. The lowest BCUT2D eigenvalue weighted by molar-refractivity contribution is -0.120. The number of benzene rings is 1. The van der Waals surface area contributed by atoms with Crippen molar-refractivity contribution < 1.29 is 17.6 Å². The van der Waals surface area contributed by atoms with Crippen LogP contribution in [0, 0.1) is 5.92 Å². The number of nitrogens with one attached hydrogen (secondary N) is 1. The summed E-state index contributed by atoms with van der Waals surface area (Å²) in [6.45, 7) is 0.603. The molecule has 1 atom stereocenters. The predicted molar refractivity (Wildman–Crippen MR) is 122 cm³/mol. The van der Waals surface area contributed by atoms with Gasteiger partial charge in [-0.25, -0.2) is 13.4 Å². The van der Waals surface area contributed by atoms with Gasteiger partial charge >= 0.3 is 0 Å². The number of rotatable bonds is 5. The molecular formula is C21H19N3O4S3. The van der Waals surface area contributed by atoms with Gasteiger partial charge in [0.2, 0.25) is 5.91 Å². The van der Waals surface area contributed by atoms with E-state index >= 15 is 0 Å². The molecule has 1 N–H and O–H groups in total. The third kappa shape index (κ3) is 4.03. The van der Waals surface area contributed by atoms with Crippen LogP contribution >= 0.6 is 22.7 Å². The number of furan rings is 1. The van der Waals surface area contributed by atoms with Crippen molar-refractivity contribution in [3.63, 3.8) is 0 Å². The minimum atomic E-state index is -3.56. The smallest absolute Gasteiger partial charge is 0.252 e. The van der Waals surface area contributed by atoms with Crippen LogP contribution in [0.2, 0.25) is 0 Å². The SMILES string of the molecule is O=C(Nc1nc(-c2cc3ccccc3o2)cs1)C1CCCN(S(=O)(=O)c2cccs2)C1. The Morgan fingerprint density at radius 1 is 1.19 bits per heavy atom. The maximum Gasteiger partial charge on any atom is 0.252 e. The Balaban J connectivity index is 1.28. The van der Waals surface area contributed by atoms with Crippen LogP contribution in [-0.4, -0.2) is 36.7 Å². The van der Waals surface area contributed by atoms with Gasteiger partial charge in [0.25, 0.3) is 10.0 Å². The van der Waals surface area contributed by atoms with Crippen molar-refractivity contribution in [1.82, 2.24) is 9.29 Å². The van der Waals surface area contributed by atoms with Gasteiger partial charge in [-0.3, -0.25) is 4.79 Å². The maximum absolute atomic E-state index is 12.8. The van der Waals surface area contributed by atoms with E-state index in [0.717, 1.165) is 11.0 Å². The molecule has 0 saturated carbocycles. The molecule has 160 valence electrons. The molecule has 5 rings (SSSR count). The number of fused-ring (bicyclic) bond motifs is 1. The second-order valence-corrected chi connectivity index (χ2v) is 11.3. The molecule has 0 spiro atoms. The number of para-hydroxylation sites is 1. The van der Waals surface area contributed by atoms with Crippen molar-refractivity contribution in [3.8, 4) is 11.5 Å². The van der Waals surface area contributed by atoms with Gasteiger partial charge in [0.1, 0.15) is 15.5 Å². The van der Waals surface area contributed by atoms with E-state index in [-0.39, 0.29) is 12.5 Å². The van der Waals surface area contributed by atoms with E-state index in [9.17, 15) is 13.2 Å². The molecule has 1 amide bonds. The summed E-state index contributed by atoms with van der Waals surface area (Å²) >= 11 is 2.51. The summed E-state index contributed by atoms with van der Waals surface area (Å²) in [4.78, 5) is 17.3. The third-order valence-corrected chi connectivity index (χ3v) is 9.25. The quantitative estimate of drug-likeness (QED) is 0.455. The molecule has 31 heavy (non-hydrogen) atoms. The van der Waals surface area contributed by atoms with E-state index in [4.69, 9.17) is 4.42 Å². The number of anilines is 1. The summed E-state index contributed by atoms with van der Waals surface area (Å²) in [5.74, 6) is 0.0162.